The summed E-state index contributed by atoms with van der Waals surface area (Å²) in [4.78, 5) is 1.97. The first-order chi connectivity index (χ1) is 8.48. The van der Waals surface area contributed by atoms with Crippen molar-refractivity contribution in [3.63, 3.8) is 0 Å². The average molecular weight is 266 g/mol. The summed E-state index contributed by atoms with van der Waals surface area (Å²) in [5, 5.41) is 2.89. The van der Waals surface area contributed by atoms with Gasteiger partial charge in [0.2, 0.25) is 0 Å². The zero-order valence-corrected chi connectivity index (χ0v) is 10.7. The number of hydrogen-bond acceptors (Lipinski definition) is 3. The lowest BCUT2D eigenvalue weighted by atomic mass is 9.98. The molecule has 3 nitrogen and oxygen atoms in total. The summed E-state index contributed by atoms with van der Waals surface area (Å²) in [6.45, 7) is 4.90. The second-order valence-electron chi connectivity index (χ2n) is 5.30. The Morgan fingerprint density at radius 1 is 1.39 bits per heavy atom. The Hall–Kier alpha value is -0.330. The number of rotatable bonds is 2. The highest BCUT2D eigenvalue weighted by Gasteiger charge is 2.42. The van der Waals surface area contributed by atoms with E-state index >= 15 is 0 Å². The molecule has 0 bridgehead atoms. The Morgan fingerprint density at radius 2 is 2.17 bits per heavy atom. The number of hydrogen-bond donors (Lipinski definition) is 1. The van der Waals surface area contributed by atoms with E-state index in [2.05, 4.69) is 5.32 Å². The molecule has 3 unspecified atom stereocenters. The summed E-state index contributed by atoms with van der Waals surface area (Å²) >= 11 is 0. The summed E-state index contributed by atoms with van der Waals surface area (Å²) < 4.78 is 43.9. The topological polar surface area (TPSA) is 24.5 Å². The normalized spacial score (nSPS) is 33.3. The van der Waals surface area contributed by atoms with Crippen LogP contribution in [0.3, 0.4) is 0 Å². The third kappa shape index (κ3) is 3.36. The lowest BCUT2D eigenvalue weighted by molar-refractivity contribution is -0.177. The largest absolute Gasteiger partial charge is 0.394 e. The number of halogens is 3. The van der Waals surface area contributed by atoms with E-state index in [1.807, 2.05) is 11.8 Å². The summed E-state index contributed by atoms with van der Waals surface area (Å²) in [6.07, 6.45) is -3.15. The van der Waals surface area contributed by atoms with Crippen LogP contribution < -0.4 is 5.32 Å². The molecule has 2 rings (SSSR count). The molecular formula is C12H21F3N2O. The predicted octanol–water partition coefficient (Wildman–Crippen LogP) is 1.50. The van der Waals surface area contributed by atoms with Crippen molar-refractivity contribution in [2.45, 2.75) is 25.6 Å². The van der Waals surface area contributed by atoms with Crippen molar-refractivity contribution in [2.75, 3.05) is 39.4 Å². The number of nitrogens with zero attached hydrogens (tertiary/aromatic N) is 1. The van der Waals surface area contributed by atoms with Gasteiger partial charge in [0, 0.05) is 38.8 Å². The first kappa shape index (κ1) is 14.1. The van der Waals surface area contributed by atoms with Crippen molar-refractivity contribution >= 4 is 0 Å². The van der Waals surface area contributed by atoms with Crippen molar-refractivity contribution in [2.24, 2.45) is 11.8 Å². The van der Waals surface area contributed by atoms with Crippen LogP contribution >= 0.6 is 0 Å². The van der Waals surface area contributed by atoms with Gasteiger partial charge < -0.3 is 10.1 Å². The van der Waals surface area contributed by atoms with Gasteiger partial charge in [-0.25, -0.2) is 0 Å². The molecule has 2 aliphatic heterocycles. The Morgan fingerprint density at radius 3 is 2.78 bits per heavy atom. The highest BCUT2D eigenvalue weighted by atomic mass is 19.4. The van der Waals surface area contributed by atoms with Gasteiger partial charge in [-0.3, -0.25) is 4.90 Å². The molecule has 6 heteroatoms. The Labute approximate surface area is 106 Å². The maximum atomic E-state index is 12.8. The van der Waals surface area contributed by atoms with E-state index in [1.54, 1.807) is 0 Å². The molecule has 0 saturated carbocycles. The monoisotopic (exact) mass is 266 g/mol. The highest BCUT2D eigenvalue weighted by molar-refractivity contribution is 4.85. The van der Waals surface area contributed by atoms with E-state index in [4.69, 9.17) is 4.74 Å². The molecule has 0 amide bonds. The van der Waals surface area contributed by atoms with Gasteiger partial charge in [0.1, 0.15) is 0 Å². The standard InChI is InChI=1S/C12H21F3N2O/c1-9(10-2-5-18-8-10)17-4-3-16-6-11(7-17)12(13,14)15/h9-11,16H,2-8H2,1H3. The van der Waals surface area contributed by atoms with Gasteiger partial charge in [0.05, 0.1) is 12.5 Å². The summed E-state index contributed by atoms with van der Waals surface area (Å²) in [5.74, 6) is -0.887. The van der Waals surface area contributed by atoms with Crippen LogP contribution in [0.25, 0.3) is 0 Å². The minimum atomic E-state index is -4.11. The molecule has 106 valence electrons. The first-order valence-corrected chi connectivity index (χ1v) is 6.57. The zero-order chi connectivity index (χ0) is 13.2. The molecule has 0 aliphatic carbocycles. The molecule has 0 aromatic carbocycles. The second-order valence-corrected chi connectivity index (χ2v) is 5.30. The lowest BCUT2D eigenvalue weighted by Crippen LogP contribution is -2.44. The number of nitrogens with one attached hydrogen (secondary N) is 1. The minimum absolute atomic E-state index is 0.0356. The van der Waals surface area contributed by atoms with E-state index in [0.717, 1.165) is 13.0 Å². The van der Waals surface area contributed by atoms with Crippen LogP contribution in [0, 0.1) is 11.8 Å². The van der Waals surface area contributed by atoms with Crippen LogP contribution in [0.1, 0.15) is 13.3 Å². The molecule has 2 heterocycles. The maximum Gasteiger partial charge on any atom is 0.394 e. The molecule has 1 N–H and O–H groups in total. The zero-order valence-electron chi connectivity index (χ0n) is 10.7. The van der Waals surface area contributed by atoms with Gasteiger partial charge in [-0.1, -0.05) is 0 Å². The molecule has 0 aromatic heterocycles. The van der Waals surface area contributed by atoms with Crippen molar-refractivity contribution in [3.05, 3.63) is 0 Å². The van der Waals surface area contributed by atoms with Crippen molar-refractivity contribution in [1.82, 2.24) is 10.2 Å². The van der Waals surface area contributed by atoms with Crippen LogP contribution in [0.4, 0.5) is 13.2 Å². The van der Waals surface area contributed by atoms with Crippen molar-refractivity contribution in [1.29, 1.82) is 0 Å². The molecule has 18 heavy (non-hydrogen) atoms. The predicted molar refractivity (Wildman–Crippen MR) is 62.4 cm³/mol. The summed E-state index contributed by atoms with van der Waals surface area (Å²) in [7, 11) is 0. The molecule has 3 atom stereocenters. The highest BCUT2D eigenvalue weighted by Crippen LogP contribution is 2.29. The lowest BCUT2D eigenvalue weighted by Gasteiger charge is -2.33. The fourth-order valence-electron chi connectivity index (χ4n) is 2.76. The van der Waals surface area contributed by atoms with Crippen molar-refractivity contribution in [3.8, 4) is 0 Å². The number of alkyl halides is 3. The van der Waals surface area contributed by atoms with Gasteiger partial charge in [-0.15, -0.1) is 0 Å². The van der Waals surface area contributed by atoms with Crippen LogP contribution in [0.5, 0.6) is 0 Å². The van der Waals surface area contributed by atoms with Crippen LogP contribution in [-0.4, -0.2) is 56.5 Å². The van der Waals surface area contributed by atoms with E-state index in [9.17, 15) is 13.2 Å². The smallest absolute Gasteiger partial charge is 0.381 e. The molecule has 0 aromatic rings. The van der Waals surface area contributed by atoms with E-state index in [-0.39, 0.29) is 19.1 Å². The van der Waals surface area contributed by atoms with Crippen LogP contribution in [0.2, 0.25) is 0 Å². The van der Waals surface area contributed by atoms with Crippen LogP contribution in [-0.2, 0) is 4.74 Å². The summed E-state index contributed by atoms with van der Waals surface area (Å²) in [5.41, 5.74) is 0. The van der Waals surface area contributed by atoms with Gasteiger partial charge in [0.15, 0.2) is 0 Å². The van der Waals surface area contributed by atoms with E-state index < -0.39 is 12.1 Å². The Balaban J connectivity index is 1.97. The molecule has 2 fully saturated rings. The molecule has 0 spiro atoms. The van der Waals surface area contributed by atoms with E-state index in [0.29, 0.717) is 25.6 Å². The van der Waals surface area contributed by atoms with Crippen LogP contribution in [0.15, 0.2) is 0 Å². The Kier molecular flexibility index (Phi) is 4.50. The Bertz CT molecular complexity index is 267. The third-order valence-corrected chi connectivity index (χ3v) is 4.11. The van der Waals surface area contributed by atoms with E-state index in [1.165, 1.54) is 0 Å². The number of ether oxygens (including phenoxy) is 1. The second kappa shape index (κ2) is 5.75. The quantitative estimate of drug-likeness (QED) is 0.819. The summed E-state index contributed by atoms with van der Waals surface area (Å²) in [6, 6.07) is 0.164. The van der Waals surface area contributed by atoms with Crippen molar-refractivity contribution < 1.29 is 17.9 Å². The van der Waals surface area contributed by atoms with Gasteiger partial charge in [0.25, 0.3) is 0 Å². The average Bonchev–Trinajstić information content (AvgIpc) is 2.70. The molecular weight excluding hydrogens is 245 g/mol. The maximum absolute atomic E-state index is 12.8. The molecule has 2 saturated heterocycles. The molecule has 0 radical (unpaired) electrons. The first-order valence-electron chi connectivity index (χ1n) is 6.57. The van der Waals surface area contributed by atoms with Gasteiger partial charge in [-0.05, 0) is 19.3 Å². The third-order valence-electron chi connectivity index (χ3n) is 4.11. The SMILES string of the molecule is CC(C1CCOC1)N1CCNCC(C(F)(F)F)C1. The fraction of sp³-hybridized carbons (Fsp3) is 1.00. The van der Waals surface area contributed by atoms with Gasteiger partial charge in [-0.2, -0.15) is 13.2 Å². The fourth-order valence-corrected chi connectivity index (χ4v) is 2.76. The molecule has 2 aliphatic rings. The van der Waals surface area contributed by atoms with Gasteiger partial charge >= 0.3 is 6.18 Å². The minimum Gasteiger partial charge on any atom is -0.381 e.